The molecule has 8 nitrogen and oxygen atoms in total. The van der Waals surface area contributed by atoms with E-state index in [0.717, 1.165) is 47.1 Å². The Bertz CT molecular complexity index is 1940. The monoisotopic (exact) mass is 687 g/mol. The molecule has 2 atom stereocenters. The highest BCUT2D eigenvalue weighted by Crippen LogP contribution is 2.42. The van der Waals surface area contributed by atoms with E-state index in [4.69, 9.17) is 23.9 Å². The lowest BCUT2D eigenvalue weighted by molar-refractivity contribution is -0.164. The van der Waals surface area contributed by atoms with Gasteiger partial charge in [-0.25, -0.2) is 18.6 Å². The number of fused-ring (bicyclic) bond motifs is 7. The maximum Gasteiger partial charge on any atom is 0.339 e. The van der Waals surface area contributed by atoms with Gasteiger partial charge in [-0.05, 0) is 96.2 Å². The van der Waals surface area contributed by atoms with Gasteiger partial charge >= 0.3 is 5.97 Å². The fourth-order valence-corrected chi connectivity index (χ4v) is 6.87. The second-order valence-corrected chi connectivity index (χ2v) is 14.6. The minimum Gasteiger partial charge on any atom is -0.490 e. The van der Waals surface area contributed by atoms with Gasteiger partial charge in [0.2, 0.25) is 0 Å². The number of imidazole rings is 1. The number of hydrogen-bond donors (Lipinski definition) is 0. The molecule has 2 aromatic heterocycles. The van der Waals surface area contributed by atoms with Crippen molar-refractivity contribution in [3.63, 3.8) is 0 Å². The van der Waals surface area contributed by atoms with E-state index in [1.54, 1.807) is 12.1 Å². The normalized spacial score (nSPS) is 20.4. The van der Waals surface area contributed by atoms with Crippen LogP contribution < -0.4 is 9.64 Å². The third-order valence-corrected chi connectivity index (χ3v) is 9.74. The lowest BCUT2D eigenvalue weighted by Gasteiger charge is -2.42. The molecule has 0 radical (unpaired) electrons. The van der Waals surface area contributed by atoms with E-state index in [-0.39, 0.29) is 23.0 Å². The average Bonchev–Trinajstić information content (AvgIpc) is 3.52. The smallest absolute Gasteiger partial charge is 0.339 e. The van der Waals surface area contributed by atoms with Crippen LogP contribution in [0.1, 0.15) is 76.7 Å². The molecule has 7 rings (SSSR count). The highest BCUT2D eigenvalue weighted by atomic mass is 19.2. The fourth-order valence-electron chi connectivity index (χ4n) is 6.87. The highest BCUT2D eigenvalue weighted by molar-refractivity contribution is 5.82. The number of nitrogens with zero attached hydrogens (tertiary/aromatic N) is 3. The van der Waals surface area contributed by atoms with Crippen LogP contribution in [-0.2, 0) is 19.0 Å². The minimum atomic E-state index is -0.996. The molecule has 4 aromatic rings. The zero-order valence-electron chi connectivity index (χ0n) is 30.2. The number of pyridine rings is 1. The summed E-state index contributed by atoms with van der Waals surface area (Å²) in [5.41, 5.74) is 4.07. The SMILES string of the molecule is COC(=O)[C@@H](OC(C)(C)C)c1c(C)c(C)c2nc3cn2c1N1CCC(C)(CC1)OCC=CC[C@H](C)Oc1ccc(F)c(F)c1-c1cccc-3c1. The van der Waals surface area contributed by atoms with E-state index in [0.29, 0.717) is 42.9 Å². The Kier molecular flexibility index (Phi) is 9.81. The molecule has 0 saturated carbocycles. The number of halogens is 2. The number of aromatic nitrogens is 2. The number of benzene rings is 2. The number of rotatable bonds is 3. The second-order valence-electron chi connectivity index (χ2n) is 14.6. The van der Waals surface area contributed by atoms with Crippen LogP contribution in [0.15, 0.2) is 54.7 Å². The first-order chi connectivity index (χ1) is 23.7. The first-order valence-electron chi connectivity index (χ1n) is 17.3. The number of hydrogen-bond acceptors (Lipinski definition) is 7. The molecular formula is C40H47F2N3O5. The van der Waals surface area contributed by atoms with Gasteiger partial charge in [-0.1, -0.05) is 30.4 Å². The highest BCUT2D eigenvalue weighted by Gasteiger charge is 2.38. The van der Waals surface area contributed by atoms with E-state index in [1.807, 2.05) is 76.4 Å². The van der Waals surface area contributed by atoms with Crippen LogP contribution in [0, 0.1) is 25.5 Å². The van der Waals surface area contributed by atoms with Crippen molar-refractivity contribution in [1.29, 1.82) is 0 Å². The predicted octanol–water partition coefficient (Wildman–Crippen LogP) is 8.70. The van der Waals surface area contributed by atoms with E-state index in [1.165, 1.54) is 13.2 Å². The van der Waals surface area contributed by atoms with Gasteiger partial charge < -0.3 is 23.8 Å². The van der Waals surface area contributed by atoms with Crippen molar-refractivity contribution in [3.05, 3.63) is 83.1 Å². The molecule has 266 valence electrons. The van der Waals surface area contributed by atoms with Crippen molar-refractivity contribution >= 4 is 17.4 Å². The van der Waals surface area contributed by atoms with Crippen molar-refractivity contribution in [3.8, 4) is 28.1 Å². The van der Waals surface area contributed by atoms with Gasteiger partial charge in [-0.2, -0.15) is 0 Å². The Morgan fingerprint density at radius 3 is 2.48 bits per heavy atom. The molecule has 0 amide bonds. The summed E-state index contributed by atoms with van der Waals surface area (Å²) in [5, 5.41) is 0. The number of carbonyl (C=O) groups excluding carboxylic acids is 1. The number of piperidine rings is 1. The molecule has 3 aliphatic heterocycles. The van der Waals surface area contributed by atoms with Crippen LogP contribution in [0.3, 0.4) is 0 Å². The maximum atomic E-state index is 15.6. The van der Waals surface area contributed by atoms with Crippen LogP contribution in [0.25, 0.3) is 28.0 Å². The summed E-state index contributed by atoms with van der Waals surface area (Å²) in [7, 11) is 1.37. The van der Waals surface area contributed by atoms with Gasteiger partial charge in [0.05, 0.1) is 42.3 Å². The van der Waals surface area contributed by atoms with Crippen molar-refractivity contribution in [2.45, 2.75) is 91.1 Å². The average molecular weight is 688 g/mol. The first kappa shape index (κ1) is 35.5. The molecule has 0 N–H and O–H groups in total. The van der Waals surface area contributed by atoms with Crippen LogP contribution >= 0.6 is 0 Å². The Balaban J connectivity index is 1.60. The molecule has 1 saturated heterocycles. The number of aryl methyl sites for hydroxylation is 1. The quantitative estimate of drug-likeness (QED) is 0.158. The topological polar surface area (TPSA) is 74.5 Å². The number of ether oxygens (including phenoxy) is 4. The van der Waals surface area contributed by atoms with Gasteiger partial charge in [0.15, 0.2) is 17.7 Å². The zero-order valence-corrected chi connectivity index (χ0v) is 30.2. The van der Waals surface area contributed by atoms with Crippen LogP contribution in [0.2, 0.25) is 0 Å². The zero-order chi connectivity index (χ0) is 36.0. The summed E-state index contributed by atoms with van der Waals surface area (Å²) in [6.45, 7) is 15.5. The van der Waals surface area contributed by atoms with Crippen LogP contribution in [0.4, 0.5) is 14.6 Å². The van der Waals surface area contributed by atoms with Gasteiger partial charge in [-0.3, -0.25) is 4.40 Å². The third kappa shape index (κ3) is 7.01. The molecule has 2 aromatic carbocycles. The third-order valence-electron chi connectivity index (χ3n) is 9.74. The van der Waals surface area contributed by atoms with Crippen molar-refractivity contribution in [1.82, 2.24) is 9.38 Å². The molecule has 50 heavy (non-hydrogen) atoms. The summed E-state index contributed by atoms with van der Waals surface area (Å²) in [4.78, 5) is 20.9. The summed E-state index contributed by atoms with van der Waals surface area (Å²) in [5.74, 6) is -1.36. The molecule has 5 heterocycles. The molecule has 0 spiro atoms. The lowest BCUT2D eigenvalue weighted by atomic mass is 9.92. The van der Waals surface area contributed by atoms with Crippen molar-refractivity contribution in [2.24, 2.45) is 0 Å². The van der Waals surface area contributed by atoms with E-state index >= 15 is 4.39 Å². The van der Waals surface area contributed by atoms with E-state index in [2.05, 4.69) is 11.8 Å². The minimum absolute atomic E-state index is 0.0516. The Morgan fingerprint density at radius 2 is 1.78 bits per heavy atom. The number of carbonyl (C=O) groups is 1. The number of esters is 1. The van der Waals surface area contributed by atoms with Crippen molar-refractivity contribution < 1.29 is 32.5 Å². The fraction of sp³-hybridized carbons (Fsp3) is 0.450. The van der Waals surface area contributed by atoms with Crippen molar-refractivity contribution in [2.75, 3.05) is 31.7 Å². The summed E-state index contributed by atoms with van der Waals surface area (Å²) in [6, 6.07) is 9.82. The molecule has 6 bridgehead atoms. The second kappa shape index (κ2) is 13.8. The van der Waals surface area contributed by atoms with E-state index < -0.39 is 29.3 Å². The molecule has 1 fully saturated rings. The number of anilines is 1. The first-order valence-corrected chi connectivity index (χ1v) is 17.3. The Hall–Kier alpha value is -4.28. The lowest BCUT2D eigenvalue weighted by Crippen LogP contribution is -2.45. The maximum absolute atomic E-state index is 15.6. The summed E-state index contributed by atoms with van der Waals surface area (Å²) in [6.07, 6.45) is 6.72. The Labute approximate surface area is 293 Å². The van der Waals surface area contributed by atoms with Gasteiger partial charge in [0.1, 0.15) is 17.2 Å². The van der Waals surface area contributed by atoms with E-state index in [9.17, 15) is 9.18 Å². The van der Waals surface area contributed by atoms with Gasteiger partial charge in [0, 0.05) is 36.8 Å². The summed E-state index contributed by atoms with van der Waals surface area (Å²) < 4.78 is 56.8. The summed E-state index contributed by atoms with van der Waals surface area (Å²) >= 11 is 0. The Morgan fingerprint density at radius 1 is 1.06 bits per heavy atom. The largest absolute Gasteiger partial charge is 0.490 e. The van der Waals surface area contributed by atoms with Crippen LogP contribution in [-0.4, -0.2) is 59.5 Å². The molecule has 3 aliphatic rings. The molecule has 0 unspecified atom stereocenters. The molecule has 0 aliphatic carbocycles. The molecule has 10 heteroatoms. The van der Waals surface area contributed by atoms with Gasteiger partial charge in [0.25, 0.3) is 0 Å². The predicted molar refractivity (Wildman–Crippen MR) is 191 cm³/mol. The molecular weight excluding hydrogens is 640 g/mol. The van der Waals surface area contributed by atoms with Gasteiger partial charge in [-0.15, -0.1) is 0 Å². The standard InChI is InChI=1S/C40H47F2N3O5/c1-24-12-9-10-21-48-40(7)17-19-44(20-18-40)37-32(35(38(46)47-8)50-39(4,5)6)25(2)26(3)36-43-30(23-45(36)37)27-13-11-14-28(22-27)33-31(49-24)16-15-29(41)34(33)42/h9-11,13-16,22-24,35H,12,17-21H2,1-8H3/t24-,35-/m0/s1. The van der Waals surface area contributed by atoms with Crippen LogP contribution in [0.5, 0.6) is 5.75 Å². The number of methoxy groups -OCH3 is 1.